The van der Waals surface area contributed by atoms with Crippen LogP contribution in [0.15, 0.2) is 67.1 Å². The summed E-state index contributed by atoms with van der Waals surface area (Å²) in [5.74, 6) is 1.03. The van der Waals surface area contributed by atoms with Gasteiger partial charge >= 0.3 is 6.18 Å². The highest BCUT2D eigenvalue weighted by Crippen LogP contribution is 2.38. The highest BCUT2D eigenvalue weighted by Gasteiger charge is 2.36. The molecule has 40 heavy (non-hydrogen) atoms. The van der Waals surface area contributed by atoms with Crippen LogP contribution in [0.4, 0.5) is 30.5 Å². The number of hydrogen-bond donors (Lipinski definition) is 2. The van der Waals surface area contributed by atoms with Crippen molar-refractivity contribution < 1.29 is 22.7 Å². The van der Waals surface area contributed by atoms with E-state index in [9.17, 15) is 18.0 Å². The van der Waals surface area contributed by atoms with Crippen molar-refractivity contribution in [2.24, 2.45) is 0 Å². The summed E-state index contributed by atoms with van der Waals surface area (Å²) in [6.07, 6.45) is 1.36. The van der Waals surface area contributed by atoms with Crippen LogP contribution < -0.4 is 15.5 Å². The van der Waals surface area contributed by atoms with Crippen LogP contribution in [0.3, 0.4) is 0 Å². The smallest absolute Gasteiger partial charge is 0.378 e. The summed E-state index contributed by atoms with van der Waals surface area (Å²) in [5.41, 5.74) is 0.192. The Bertz CT molecular complexity index is 1480. The number of amides is 1. The molecule has 1 amide bonds. The molecule has 1 fully saturated rings. The van der Waals surface area contributed by atoms with Gasteiger partial charge in [-0.25, -0.2) is 9.97 Å². The Hall–Kier alpha value is -4.45. The van der Waals surface area contributed by atoms with Crippen molar-refractivity contribution in [1.29, 1.82) is 0 Å². The minimum absolute atomic E-state index is 0.0407. The van der Waals surface area contributed by atoms with E-state index in [0.717, 1.165) is 19.0 Å². The van der Waals surface area contributed by atoms with Crippen LogP contribution in [-0.4, -0.2) is 58.3 Å². The van der Waals surface area contributed by atoms with Crippen molar-refractivity contribution in [3.05, 3.63) is 78.2 Å². The molecule has 0 atom stereocenters. The topological polar surface area (TPSA) is 97.2 Å². The number of nitrogens with zero attached hydrogens (tertiary/aromatic N) is 5. The third-order valence-electron chi connectivity index (χ3n) is 6.36. The molecule has 0 saturated carbocycles. The molecule has 0 bridgehead atoms. The van der Waals surface area contributed by atoms with E-state index < -0.39 is 17.6 Å². The van der Waals surface area contributed by atoms with Crippen LogP contribution >= 0.6 is 0 Å². The second kappa shape index (κ2) is 11.7. The van der Waals surface area contributed by atoms with Crippen LogP contribution in [0.2, 0.25) is 0 Å². The first kappa shape index (κ1) is 27.1. The summed E-state index contributed by atoms with van der Waals surface area (Å²) in [6.45, 7) is 4.19. The lowest BCUT2D eigenvalue weighted by Gasteiger charge is -2.31. The molecule has 1 aliphatic heterocycles. The Labute approximate surface area is 229 Å². The molecule has 1 saturated heterocycles. The van der Waals surface area contributed by atoms with E-state index in [1.165, 1.54) is 12.1 Å². The molecule has 5 rings (SSSR count). The average molecular weight is 552 g/mol. The number of rotatable bonds is 8. The molecule has 0 radical (unpaired) electrons. The normalized spacial score (nSPS) is 13.8. The van der Waals surface area contributed by atoms with Gasteiger partial charge in [-0.05, 0) is 42.8 Å². The Morgan fingerprint density at radius 3 is 2.65 bits per heavy atom. The van der Waals surface area contributed by atoms with Gasteiger partial charge in [0.15, 0.2) is 0 Å². The van der Waals surface area contributed by atoms with Crippen LogP contribution in [-0.2, 0) is 10.9 Å². The van der Waals surface area contributed by atoms with Gasteiger partial charge < -0.3 is 20.3 Å². The number of aromatic nitrogens is 4. The van der Waals surface area contributed by atoms with Gasteiger partial charge in [-0.1, -0.05) is 19.1 Å². The van der Waals surface area contributed by atoms with Gasteiger partial charge in [0.05, 0.1) is 18.8 Å². The maximum atomic E-state index is 13.9. The molecule has 2 aromatic heterocycles. The summed E-state index contributed by atoms with van der Waals surface area (Å²) in [5, 5.41) is 5.87. The van der Waals surface area contributed by atoms with E-state index >= 15 is 0 Å². The number of halogens is 3. The third kappa shape index (κ3) is 6.07. The standard InChI is InChI=1S/C28H28F3N7O2/c1-2-9-33-27-34-10-8-24(36-27)38-12-11-32-25(38)19-4-3-5-21(17-19)35-26(39)20-6-7-23(22(18-20)28(29,30)31)37-13-15-40-16-14-37/h3-8,10-12,17-18H,2,9,13-16H2,1H3,(H,35,39)(H,33,34,36). The number of nitrogens with one attached hydrogen (secondary N) is 2. The first-order valence-electron chi connectivity index (χ1n) is 12.9. The molecule has 12 heteroatoms. The fourth-order valence-corrected chi connectivity index (χ4v) is 4.43. The number of ether oxygens (including phenoxy) is 1. The highest BCUT2D eigenvalue weighted by molar-refractivity contribution is 6.05. The van der Waals surface area contributed by atoms with Crippen molar-refractivity contribution in [2.45, 2.75) is 19.5 Å². The molecule has 0 unspecified atom stereocenters. The molecule has 2 N–H and O–H groups in total. The maximum absolute atomic E-state index is 13.9. The van der Waals surface area contributed by atoms with Crippen molar-refractivity contribution in [1.82, 2.24) is 19.5 Å². The van der Waals surface area contributed by atoms with Crippen LogP contribution in [0.1, 0.15) is 29.3 Å². The predicted octanol–water partition coefficient (Wildman–Crippen LogP) is 5.26. The Morgan fingerprint density at radius 2 is 1.88 bits per heavy atom. The summed E-state index contributed by atoms with van der Waals surface area (Å²) in [6, 6.07) is 12.3. The molecule has 2 aromatic carbocycles. The largest absolute Gasteiger partial charge is 0.418 e. The molecule has 1 aliphatic rings. The zero-order valence-electron chi connectivity index (χ0n) is 21.8. The number of anilines is 3. The zero-order valence-corrected chi connectivity index (χ0v) is 21.8. The van der Waals surface area contributed by atoms with E-state index in [1.54, 1.807) is 52.3 Å². The van der Waals surface area contributed by atoms with Gasteiger partial charge in [0.1, 0.15) is 11.6 Å². The Morgan fingerprint density at radius 1 is 1.05 bits per heavy atom. The first-order chi connectivity index (χ1) is 19.3. The number of morpholine rings is 1. The fraction of sp³-hybridized carbons (Fsp3) is 0.286. The third-order valence-corrected chi connectivity index (χ3v) is 6.36. The number of alkyl halides is 3. The molecule has 0 spiro atoms. The lowest BCUT2D eigenvalue weighted by molar-refractivity contribution is -0.137. The molecular formula is C28H28F3N7O2. The summed E-state index contributed by atoms with van der Waals surface area (Å²) < 4.78 is 48.9. The second-order valence-corrected chi connectivity index (χ2v) is 9.15. The number of carbonyl (C=O) groups excluding carboxylic acids is 1. The zero-order chi connectivity index (χ0) is 28.1. The van der Waals surface area contributed by atoms with Gasteiger partial charge in [0, 0.05) is 60.7 Å². The van der Waals surface area contributed by atoms with E-state index in [1.807, 2.05) is 13.0 Å². The summed E-state index contributed by atoms with van der Waals surface area (Å²) in [7, 11) is 0. The van der Waals surface area contributed by atoms with Gasteiger partial charge in [-0.15, -0.1) is 0 Å². The molecule has 9 nitrogen and oxygen atoms in total. The number of benzene rings is 2. The van der Waals surface area contributed by atoms with Crippen molar-refractivity contribution in [3.63, 3.8) is 0 Å². The first-order valence-corrected chi connectivity index (χ1v) is 12.9. The van der Waals surface area contributed by atoms with Crippen molar-refractivity contribution in [2.75, 3.05) is 48.4 Å². The minimum atomic E-state index is -4.62. The molecule has 208 valence electrons. The van der Waals surface area contributed by atoms with Crippen LogP contribution in [0, 0.1) is 0 Å². The van der Waals surface area contributed by atoms with Gasteiger partial charge in [-0.3, -0.25) is 9.36 Å². The lowest BCUT2D eigenvalue weighted by atomic mass is 10.1. The van der Waals surface area contributed by atoms with Crippen molar-refractivity contribution >= 4 is 23.2 Å². The molecule has 3 heterocycles. The Balaban J connectivity index is 1.38. The second-order valence-electron chi connectivity index (χ2n) is 9.15. The van der Waals surface area contributed by atoms with Crippen molar-refractivity contribution in [3.8, 4) is 17.2 Å². The Kier molecular flexibility index (Phi) is 7.96. The average Bonchev–Trinajstić information content (AvgIpc) is 3.46. The van der Waals surface area contributed by atoms with E-state index in [0.29, 0.717) is 55.1 Å². The highest BCUT2D eigenvalue weighted by atomic mass is 19.4. The SMILES string of the molecule is CCCNc1nccc(-n2ccnc2-c2cccc(NC(=O)c3ccc(N4CCOCC4)c(C(F)(F)F)c3)c2)n1. The van der Waals surface area contributed by atoms with Gasteiger partial charge in [0.25, 0.3) is 5.91 Å². The minimum Gasteiger partial charge on any atom is -0.378 e. The quantitative estimate of drug-likeness (QED) is 0.308. The maximum Gasteiger partial charge on any atom is 0.418 e. The van der Waals surface area contributed by atoms with Gasteiger partial charge in [0.2, 0.25) is 5.95 Å². The number of hydrogen-bond acceptors (Lipinski definition) is 7. The fourth-order valence-electron chi connectivity index (χ4n) is 4.43. The summed E-state index contributed by atoms with van der Waals surface area (Å²) >= 11 is 0. The van der Waals surface area contributed by atoms with Crippen LogP contribution in [0.25, 0.3) is 17.2 Å². The molecule has 4 aromatic rings. The molecule has 0 aliphatic carbocycles. The lowest BCUT2D eigenvalue weighted by Crippen LogP contribution is -2.37. The van der Waals surface area contributed by atoms with E-state index in [2.05, 4.69) is 25.6 Å². The van der Waals surface area contributed by atoms with Gasteiger partial charge in [-0.2, -0.15) is 18.2 Å². The van der Waals surface area contributed by atoms with Crippen LogP contribution in [0.5, 0.6) is 0 Å². The predicted molar refractivity (Wildman–Crippen MR) is 146 cm³/mol. The van der Waals surface area contributed by atoms with E-state index in [4.69, 9.17) is 4.74 Å². The summed E-state index contributed by atoms with van der Waals surface area (Å²) in [4.78, 5) is 27.9. The van der Waals surface area contributed by atoms with E-state index in [-0.39, 0.29) is 11.3 Å². The number of carbonyl (C=O) groups is 1. The monoisotopic (exact) mass is 551 g/mol. The molecular weight excluding hydrogens is 523 g/mol. The number of imidazole rings is 1.